The number of rotatable bonds is 1. The summed E-state index contributed by atoms with van der Waals surface area (Å²) in [6.07, 6.45) is 4.04. The van der Waals surface area contributed by atoms with Gasteiger partial charge in [0.25, 0.3) is 0 Å². The number of hydrogen-bond acceptors (Lipinski definition) is 6. The van der Waals surface area contributed by atoms with E-state index >= 15 is 0 Å². The van der Waals surface area contributed by atoms with E-state index in [9.17, 15) is 9.90 Å². The van der Waals surface area contributed by atoms with Crippen molar-refractivity contribution in [3.8, 4) is 16.9 Å². The van der Waals surface area contributed by atoms with E-state index in [0.717, 1.165) is 89.8 Å². The third-order valence-electron chi connectivity index (χ3n) is 9.62. The Labute approximate surface area is 296 Å². The molecule has 2 aliphatic heterocycles. The first-order valence-electron chi connectivity index (χ1n) is 16.6. The number of ether oxygens (including phenoxy) is 1. The third-order valence-corrected chi connectivity index (χ3v) is 10.9. The summed E-state index contributed by atoms with van der Waals surface area (Å²) in [4.78, 5) is 16.2. The number of allylic oxidation sites excluding steroid dienone is 2. The molecule has 1 aliphatic carbocycles. The van der Waals surface area contributed by atoms with Gasteiger partial charge in [0.2, 0.25) is 0 Å². The third kappa shape index (κ3) is 6.43. The number of fused-ring (bicyclic) bond motifs is 8. The molecule has 0 atom stereocenters. The summed E-state index contributed by atoms with van der Waals surface area (Å²) in [5.41, 5.74) is 9.63. The maximum Gasteiger partial charge on any atom is 0.336 e. The van der Waals surface area contributed by atoms with Gasteiger partial charge in [0.15, 0.2) is 0 Å². The second-order valence-electron chi connectivity index (χ2n) is 13.0. The zero-order chi connectivity index (χ0) is 34.4. The molecule has 0 spiro atoms. The van der Waals surface area contributed by atoms with Gasteiger partial charge in [-0.25, -0.2) is 4.79 Å². The van der Waals surface area contributed by atoms with Crippen molar-refractivity contribution in [2.24, 2.45) is 14.1 Å². The van der Waals surface area contributed by atoms with Gasteiger partial charge in [-0.2, -0.15) is 10.2 Å². The molecule has 0 saturated carbocycles. The number of carboxylic acid groups (broad SMARTS) is 1. The van der Waals surface area contributed by atoms with Gasteiger partial charge in [-0.1, -0.05) is 48.0 Å². The number of aromatic nitrogens is 4. The normalized spacial score (nSPS) is 17.1. The number of carbonyl (C=O) groups is 1. The van der Waals surface area contributed by atoms with Crippen molar-refractivity contribution in [1.29, 1.82) is 0 Å². The summed E-state index contributed by atoms with van der Waals surface area (Å²) in [5, 5.41) is 23.1. The summed E-state index contributed by atoms with van der Waals surface area (Å²) in [6.45, 7) is 5.68. The molecule has 1 N–H and O–H groups in total. The minimum absolute atomic E-state index is 0.345. The summed E-state index contributed by atoms with van der Waals surface area (Å²) in [6, 6.07) is 18.8. The van der Waals surface area contributed by atoms with Crippen LogP contribution in [0.3, 0.4) is 0 Å². The van der Waals surface area contributed by atoms with Crippen molar-refractivity contribution in [3.05, 3.63) is 111 Å². The molecule has 252 valence electrons. The number of benzene rings is 3. The van der Waals surface area contributed by atoms with E-state index in [4.69, 9.17) is 26.5 Å². The standard InChI is InChI=1S/C39H40ClN5O3S/c1-23-35-27-13-14-32(40)38(35)37-24(2)44(4)42-33(37)21-43(3)20-28-18-29(45(5)41-28)22-49-30-17-25-10-6-7-12-31(25)34(19-30)48-15-9-8-11-26(16-27)36(23)39(46)47/h6-7,10-14,17-19H,8-9,15-16,20-22H2,1-5H3,(H,46,47)/b26-11-. The lowest BCUT2D eigenvalue weighted by Crippen LogP contribution is -2.19. The molecule has 0 amide bonds. The summed E-state index contributed by atoms with van der Waals surface area (Å²) in [5.74, 6) is 0.707. The maximum atomic E-state index is 12.9. The van der Waals surface area contributed by atoms with E-state index in [1.165, 1.54) is 0 Å². The Balaban J connectivity index is 1.33. The molecule has 0 saturated heterocycles. The van der Waals surface area contributed by atoms with Gasteiger partial charge in [0.1, 0.15) is 5.75 Å². The van der Waals surface area contributed by atoms with Crippen LogP contribution in [0, 0.1) is 6.92 Å². The lowest BCUT2D eigenvalue weighted by Gasteiger charge is -2.26. The topological polar surface area (TPSA) is 85.4 Å². The number of aliphatic carboxylic acids is 1. The summed E-state index contributed by atoms with van der Waals surface area (Å²) < 4.78 is 10.3. The van der Waals surface area contributed by atoms with Crippen LogP contribution < -0.4 is 4.74 Å². The van der Waals surface area contributed by atoms with Gasteiger partial charge < -0.3 is 9.84 Å². The lowest BCUT2D eigenvalue weighted by molar-refractivity contribution is -0.132. The molecule has 4 heterocycles. The van der Waals surface area contributed by atoms with Crippen LogP contribution in [-0.4, -0.2) is 49.2 Å². The first-order valence-corrected chi connectivity index (χ1v) is 17.9. The Morgan fingerprint density at radius 3 is 2.59 bits per heavy atom. The number of nitrogens with zero attached hydrogens (tertiary/aromatic N) is 5. The van der Waals surface area contributed by atoms with E-state index in [1.54, 1.807) is 11.8 Å². The van der Waals surface area contributed by atoms with E-state index in [2.05, 4.69) is 54.4 Å². The molecule has 2 aromatic heterocycles. The molecular formula is C39H40ClN5O3S. The molecule has 0 unspecified atom stereocenters. The second-order valence-corrected chi connectivity index (χ2v) is 14.5. The Kier molecular flexibility index (Phi) is 9.17. The maximum absolute atomic E-state index is 12.9. The second kappa shape index (κ2) is 13.5. The van der Waals surface area contributed by atoms with Crippen molar-refractivity contribution in [2.75, 3.05) is 13.7 Å². The Morgan fingerprint density at radius 2 is 1.78 bits per heavy atom. The van der Waals surface area contributed by atoms with E-state index in [-0.39, 0.29) is 0 Å². The fraction of sp³-hybridized carbons (Fsp3) is 0.308. The Morgan fingerprint density at radius 1 is 0.959 bits per heavy atom. The van der Waals surface area contributed by atoms with Crippen LogP contribution >= 0.6 is 23.4 Å². The molecular weight excluding hydrogens is 654 g/mol. The predicted octanol–water partition coefficient (Wildman–Crippen LogP) is 8.37. The molecule has 3 aromatic carbocycles. The fourth-order valence-electron chi connectivity index (χ4n) is 7.21. The molecule has 8 rings (SSSR count). The molecule has 3 aliphatic rings. The van der Waals surface area contributed by atoms with Gasteiger partial charge >= 0.3 is 5.97 Å². The van der Waals surface area contributed by atoms with Crippen LogP contribution in [0.25, 0.3) is 27.5 Å². The highest BCUT2D eigenvalue weighted by Gasteiger charge is 2.30. The lowest BCUT2D eigenvalue weighted by atomic mass is 9.78. The van der Waals surface area contributed by atoms with E-state index in [0.29, 0.717) is 43.1 Å². The average Bonchev–Trinajstić information content (AvgIpc) is 3.54. The van der Waals surface area contributed by atoms with Crippen LogP contribution in [0.5, 0.6) is 5.75 Å². The van der Waals surface area contributed by atoms with Gasteiger partial charge in [-0.3, -0.25) is 14.3 Å². The average molecular weight is 694 g/mol. The SMILES string of the molecule is CC1=C(C(=O)O)/C2=C\CCCOc3cc(cc4ccccc34)SCc3cc(nn3C)CN(C)Cc3nn(C)c(C)c3-c3c(Cl)ccc(c31)C2. The van der Waals surface area contributed by atoms with Crippen LogP contribution in [0.15, 0.2) is 76.7 Å². The smallest absolute Gasteiger partial charge is 0.336 e. The first kappa shape index (κ1) is 33.2. The minimum Gasteiger partial charge on any atom is -0.493 e. The monoisotopic (exact) mass is 693 g/mol. The zero-order valence-corrected chi connectivity index (χ0v) is 30.1. The van der Waals surface area contributed by atoms with Crippen molar-refractivity contribution in [2.45, 2.75) is 56.8 Å². The van der Waals surface area contributed by atoms with Crippen molar-refractivity contribution < 1.29 is 14.6 Å². The Bertz CT molecular complexity index is 2180. The quantitative estimate of drug-likeness (QED) is 0.189. The predicted molar refractivity (Wildman–Crippen MR) is 197 cm³/mol. The summed E-state index contributed by atoms with van der Waals surface area (Å²) >= 11 is 8.80. The highest BCUT2D eigenvalue weighted by Crippen LogP contribution is 2.45. The van der Waals surface area contributed by atoms with Crippen molar-refractivity contribution >= 4 is 45.7 Å². The highest BCUT2D eigenvalue weighted by molar-refractivity contribution is 7.98. The molecule has 5 aromatic rings. The molecule has 10 heteroatoms. The van der Waals surface area contributed by atoms with E-state index in [1.807, 2.05) is 55.5 Å². The van der Waals surface area contributed by atoms with Crippen molar-refractivity contribution in [1.82, 2.24) is 24.5 Å². The van der Waals surface area contributed by atoms with Gasteiger partial charge in [-0.05, 0) is 92.1 Å². The number of hydrogen-bond donors (Lipinski definition) is 1. The summed E-state index contributed by atoms with van der Waals surface area (Å²) in [7, 11) is 6.01. The van der Waals surface area contributed by atoms with Crippen molar-refractivity contribution in [3.63, 3.8) is 0 Å². The van der Waals surface area contributed by atoms with Crippen LogP contribution in [0.4, 0.5) is 0 Å². The molecule has 49 heavy (non-hydrogen) atoms. The molecule has 0 radical (unpaired) electrons. The molecule has 8 nitrogen and oxygen atoms in total. The molecule has 0 fully saturated rings. The Hall–Kier alpha value is -4.31. The number of aryl methyl sites for hydroxylation is 2. The fourth-order valence-corrected chi connectivity index (χ4v) is 8.44. The van der Waals surface area contributed by atoms with Crippen LogP contribution in [-0.2, 0) is 44.2 Å². The molecule has 8 bridgehead atoms. The minimum atomic E-state index is -0.930. The number of carboxylic acids is 1. The van der Waals surface area contributed by atoms with Gasteiger partial charge in [0.05, 0.1) is 23.6 Å². The van der Waals surface area contributed by atoms with Gasteiger partial charge in [0, 0.05) is 70.8 Å². The van der Waals surface area contributed by atoms with Crippen LogP contribution in [0.1, 0.15) is 53.7 Å². The highest BCUT2D eigenvalue weighted by atomic mass is 35.5. The number of thioether (sulfide) groups is 1. The largest absolute Gasteiger partial charge is 0.493 e. The number of halogens is 1. The van der Waals surface area contributed by atoms with Gasteiger partial charge in [-0.15, -0.1) is 11.8 Å². The zero-order valence-electron chi connectivity index (χ0n) is 28.5. The first-order chi connectivity index (χ1) is 23.6. The van der Waals surface area contributed by atoms with E-state index < -0.39 is 5.97 Å². The van der Waals surface area contributed by atoms with Crippen LogP contribution in [0.2, 0.25) is 5.02 Å².